The normalized spacial score (nSPS) is 12.3. The first-order valence-electron chi connectivity index (χ1n) is 7.14. The molecule has 1 aliphatic heterocycles. The van der Waals surface area contributed by atoms with Gasteiger partial charge in [0.05, 0.1) is 0 Å². The summed E-state index contributed by atoms with van der Waals surface area (Å²) < 4.78 is 28.7. The van der Waals surface area contributed by atoms with E-state index in [1.807, 2.05) is 30.3 Å². The lowest BCUT2D eigenvalue weighted by Gasteiger charge is -1.95. The van der Waals surface area contributed by atoms with Crippen LogP contribution < -0.4 is 17.0 Å². The minimum absolute atomic E-state index is 0. The fourth-order valence-electron chi connectivity index (χ4n) is 3.34. The summed E-state index contributed by atoms with van der Waals surface area (Å²) in [6, 6.07) is 11.6. The maximum atomic E-state index is 13.6. The van der Waals surface area contributed by atoms with Gasteiger partial charge in [0.1, 0.15) is 11.1 Å². The van der Waals surface area contributed by atoms with E-state index in [0.717, 1.165) is 28.4 Å². The van der Waals surface area contributed by atoms with Gasteiger partial charge in [0.2, 0.25) is 5.69 Å². The zero-order valence-electron chi connectivity index (χ0n) is 12.1. The fourth-order valence-corrected chi connectivity index (χ4v) is 3.34. The standard InChI is InChI=1S/C18H8F2N2O.ClH/c19-12-7-11-15(8-13(12)20)22-6-5-10-9-3-1-2-4-14(9)21-16(10)17(22)18(11)23;/h1-8H;1H. The smallest absolute Gasteiger partial charge is 0.284 e. The SMILES string of the molecule is O=C1c2cc(F)c(F)cc2-[n+]2ccc3c([nH]c4ccccc43)c21.[Cl-]. The van der Waals surface area contributed by atoms with Gasteiger partial charge in [-0.1, -0.05) is 18.2 Å². The van der Waals surface area contributed by atoms with Crippen LogP contribution in [0.2, 0.25) is 0 Å². The highest BCUT2D eigenvalue weighted by atomic mass is 35.5. The van der Waals surface area contributed by atoms with E-state index in [4.69, 9.17) is 0 Å². The van der Waals surface area contributed by atoms with Gasteiger partial charge in [-0.2, -0.15) is 4.57 Å². The van der Waals surface area contributed by atoms with E-state index >= 15 is 0 Å². The first-order chi connectivity index (χ1) is 11.1. The zero-order valence-corrected chi connectivity index (χ0v) is 12.9. The number of nitrogens with one attached hydrogen (secondary N) is 1. The van der Waals surface area contributed by atoms with Crippen LogP contribution in [0.5, 0.6) is 0 Å². The third-order valence-electron chi connectivity index (χ3n) is 4.37. The summed E-state index contributed by atoms with van der Waals surface area (Å²) in [6.07, 6.45) is 1.72. The van der Waals surface area contributed by atoms with E-state index in [2.05, 4.69) is 4.98 Å². The second-order valence-electron chi connectivity index (χ2n) is 5.61. The second-order valence-corrected chi connectivity index (χ2v) is 5.61. The molecule has 0 spiro atoms. The lowest BCUT2D eigenvalue weighted by atomic mass is 10.1. The third-order valence-corrected chi connectivity index (χ3v) is 4.37. The number of ketones is 1. The number of pyridine rings is 1. The molecule has 0 amide bonds. The average molecular weight is 343 g/mol. The van der Waals surface area contributed by atoms with Gasteiger partial charge in [0.25, 0.3) is 11.5 Å². The third kappa shape index (κ3) is 1.70. The van der Waals surface area contributed by atoms with E-state index in [9.17, 15) is 13.6 Å². The van der Waals surface area contributed by atoms with Crippen molar-refractivity contribution in [3.8, 4) is 5.69 Å². The topological polar surface area (TPSA) is 36.7 Å². The van der Waals surface area contributed by atoms with Gasteiger partial charge in [0, 0.05) is 28.4 Å². The molecule has 0 saturated carbocycles. The summed E-state index contributed by atoms with van der Waals surface area (Å²) >= 11 is 0. The molecule has 0 aliphatic carbocycles. The highest BCUT2D eigenvalue weighted by Crippen LogP contribution is 2.31. The van der Waals surface area contributed by atoms with Gasteiger partial charge in [-0.3, -0.25) is 4.79 Å². The number of H-pyrrole nitrogens is 1. The Labute approximate surface area is 140 Å². The maximum absolute atomic E-state index is 13.6. The molecular weight excluding hydrogens is 334 g/mol. The molecule has 2 aromatic carbocycles. The number of para-hydroxylation sites is 1. The number of carbonyl (C=O) groups excluding carboxylic acids is 1. The van der Waals surface area contributed by atoms with Crippen molar-refractivity contribution in [1.29, 1.82) is 0 Å². The van der Waals surface area contributed by atoms with Crippen LogP contribution in [0.1, 0.15) is 16.1 Å². The van der Waals surface area contributed by atoms with E-state index in [0.29, 0.717) is 16.9 Å². The molecule has 0 unspecified atom stereocenters. The lowest BCUT2D eigenvalue weighted by molar-refractivity contribution is -0.592. The molecule has 1 aliphatic rings. The Morgan fingerprint density at radius 2 is 1.71 bits per heavy atom. The number of nitrogens with zero attached hydrogens (tertiary/aromatic N) is 1. The van der Waals surface area contributed by atoms with Crippen LogP contribution in [0.15, 0.2) is 48.7 Å². The molecule has 24 heavy (non-hydrogen) atoms. The largest absolute Gasteiger partial charge is 1.00 e. The van der Waals surface area contributed by atoms with Crippen molar-refractivity contribution in [2.45, 2.75) is 0 Å². The minimum atomic E-state index is -1.02. The maximum Gasteiger partial charge on any atom is 0.284 e. The summed E-state index contributed by atoms with van der Waals surface area (Å²) in [6.45, 7) is 0. The van der Waals surface area contributed by atoms with Crippen LogP contribution in [0.3, 0.4) is 0 Å². The summed E-state index contributed by atoms with van der Waals surface area (Å²) in [7, 11) is 0. The van der Waals surface area contributed by atoms with Crippen molar-refractivity contribution in [3.05, 3.63) is 71.6 Å². The van der Waals surface area contributed by atoms with Gasteiger partial charge >= 0.3 is 0 Å². The van der Waals surface area contributed by atoms with Crippen molar-refractivity contribution < 1.29 is 30.5 Å². The zero-order chi connectivity index (χ0) is 15.7. The minimum Gasteiger partial charge on any atom is -1.00 e. The number of carbonyl (C=O) groups is 1. The predicted octanol–water partition coefficient (Wildman–Crippen LogP) is 0.424. The molecule has 3 heterocycles. The molecule has 1 N–H and O–H groups in total. The predicted molar refractivity (Wildman–Crippen MR) is 80.7 cm³/mol. The lowest BCUT2D eigenvalue weighted by Crippen LogP contribution is -3.00. The van der Waals surface area contributed by atoms with Gasteiger partial charge in [-0.05, 0) is 12.1 Å². The van der Waals surface area contributed by atoms with Gasteiger partial charge in [-0.25, -0.2) is 8.78 Å². The van der Waals surface area contributed by atoms with Gasteiger partial charge < -0.3 is 17.4 Å². The molecule has 2 aromatic heterocycles. The highest BCUT2D eigenvalue weighted by Gasteiger charge is 2.39. The van der Waals surface area contributed by atoms with Crippen molar-refractivity contribution in [2.24, 2.45) is 0 Å². The van der Waals surface area contributed by atoms with Gasteiger partial charge in [0.15, 0.2) is 17.8 Å². The summed E-state index contributed by atoms with van der Waals surface area (Å²) in [5, 5.41) is 1.92. The molecule has 4 aromatic rings. The van der Waals surface area contributed by atoms with Crippen LogP contribution in [0.25, 0.3) is 27.5 Å². The Bertz CT molecular complexity index is 1170. The van der Waals surface area contributed by atoms with E-state index in [1.54, 1.807) is 10.8 Å². The van der Waals surface area contributed by atoms with Crippen molar-refractivity contribution in [1.82, 2.24) is 4.98 Å². The van der Waals surface area contributed by atoms with E-state index < -0.39 is 11.6 Å². The second kappa shape index (κ2) is 4.85. The van der Waals surface area contributed by atoms with Crippen LogP contribution >= 0.6 is 0 Å². The molecule has 0 fully saturated rings. The Balaban J connectivity index is 0.00000146. The summed E-state index contributed by atoms with van der Waals surface area (Å²) in [5.74, 6) is -2.29. The fraction of sp³-hybridized carbons (Fsp3) is 0. The van der Waals surface area contributed by atoms with E-state index in [1.165, 1.54) is 0 Å². The molecule has 0 radical (unpaired) electrons. The number of hydrogen-bond donors (Lipinski definition) is 1. The summed E-state index contributed by atoms with van der Waals surface area (Å²) in [5.41, 5.74) is 2.53. The van der Waals surface area contributed by atoms with Crippen molar-refractivity contribution in [3.63, 3.8) is 0 Å². The monoisotopic (exact) mass is 342 g/mol. The number of fused-ring (bicyclic) bond motifs is 7. The molecule has 6 heteroatoms. The molecule has 118 valence electrons. The van der Waals surface area contributed by atoms with Crippen LogP contribution in [-0.4, -0.2) is 10.8 Å². The van der Waals surface area contributed by atoms with Crippen molar-refractivity contribution >= 4 is 27.6 Å². The first-order valence-corrected chi connectivity index (χ1v) is 7.14. The van der Waals surface area contributed by atoms with E-state index in [-0.39, 0.29) is 23.8 Å². The van der Waals surface area contributed by atoms with Crippen LogP contribution in [0, 0.1) is 11.6 Å². The highest BCUT2D eigenvalue weighted by molar-refractivity contribution is 6.20. The van der Waals surface area contributed by atoms with Crippen molar-refractivity contribution in [2.75, 3.05) is 0 Å². The number of halogens is 3. The quantitative estimate of drug-likeness (QED) is 0.407. The molecule has 5 rings (SSSR count). The molecule has 0 atom stereocenters. The van der Waals surface area contributed by atoms with Crippen LogP contribution in [-0.2, 0) is 0 Å². The summed E-state index contributed by atoms with van der Waals surface area (Å²) in [4.78, 5) is 16.0. The molecule has 0 saturated heterocycles. The van der Waals surface area contributed by atoms with Gasteiger partial charge in [-0.15, -0.1) is 0 Å². The Morgan fingerprint density at radius 3 is 2.54 bits per heavy atom. The first kappa shape index (κ1) is 14.8. The Hall–Kier alpha value is -2.79. The molecule has 3 nitrogen and oxygen atoms in total. The number of aromatic nitrogens is 2. The number of hydrogen-bond acceptors (Lipinski definition) is 1. The Morgan fingerprint density at radius 1 is 0.958 bits per heavy atom. The molecule has 0 bridgehead atoms. The number of benzene rings is 2. The van der Waals surface area contributed by atoms with Crippen LogP contribution in [0.4, 0.5) is 8.78 Å². The number of aromatic amines is 1. The molecular formula is C18H9ClF2N2O. The number of rotatable bonds is 0. The Kier molecular flexibility index (Phi) is 2.99. The average Bonchev–Trinajstić information content (AvgIpc) is 3.05.